The molecule has 0 radical (unpaired) electrons. The molecule has 0 bridgehead atoms. The third-order valence-corrected chi connectivity index (χ3v) is 4.17. The molecule has 2 aromatic carbocycles. The lowest BCUT2D eigenvalue weighted by Crippen LogP contribution is -1.95. The average Bonchev–Trinajstić information content (AvgIpc) is 3.25. The Morgan fingerprint density at radius 2 is 2.00 bits per heavy atom. The monoisotopic (exact) mass is 343 g/mol. The van der Waals surface area contributed by atoms with Gasteiger partial charge in [0.1, 0.15) is 23.4 Å². The van der Waals surface area contributed by atoms with Crippen LogP contribution in [0.25, 0.3) is 34.0 Å². The Balaban J connectivity index is 1.74. The molecule has 0 saturated heterocycles. The van der Waals surface area contributed by atoms with Gasteiger partial charge >= 0.3 is 0 Å². The molecule has 0 unspecified atom stereocenters. The van der Waals surface area contributed by atoms with Gasteiger partial charge in [0.2, 0.25) is 0 Å². The second-order valence-electron chi connectivity index (χ2n) is 5.87. The zero-order valence-electron chi connectivity index (χ0n) is 14.0. The minimum absolute atomic E-state index is 0.326. The van der Waals surface area contributed by atoms with Crippen LogP contribution in [0, 0.1) is 17.1 Å². The maximum absolute atomic E-state index is 13.4. The Hall–Kier alpha value is -3.65. The summed E-state index contributed by atoms with van der Waals surface area (Å²) in [5.41, 5.74) is 2.81. The van der Waals surface area contributed by atoms with Crippen molar-refractivity contribution in [2.75, 3.05) is 0 Å². The van der Waals surface area contributed by atoms with Crippen LogP contribution in [0.4, 0.5) is 4.39 Å². The first-order valence-electron chi connectivity index (χ1n) is 8.05. The zero-order valence-corrected chi connectivity index (χ0v) is 14.0. The first-order valence-corrected chi connectivity index (χ1v) is 8.05. The van der Waals surface area contributed by atoms with Gasteiger partial charge in [0.15, 0.2) is 5.82 Å². The molecule has 2 heterocycles. The molecule has 5 heteroatoms. The summed E-state index contributed by atoms with van der Waals surface area (Å²) >= 11 is 0. The number of nitrogens with zero attached hydrogens (tertiary/aromatic N) is 3. The van der Waals surface area contributed by atoms with E-state index in [2.05, 4.69) is 11.1 Å². The molecule has 2 aromatic heterocycles. The number of nitriles is 1. The predicted molar refractivity (Wildman–Crippen MR) is 98.3 cm³/mol. The first-order chi connectivity index (χ1) is 12.7. The molecule has 0 fully saturated rings. The minimum atomic E-state index is -0.326. The quantitative estimate of drug-likeness (QED) is 0.490. The van der Waals surface area contributed by atoms with Crippen molar-refractivity contribution in [2.24, 2.45) is 7.05 Å². The minimum Gasteiger partial charge on any atom is -0.457 e. The van der Waals surface area contributed by atoms with Gasteiger partial charge < -0.3 is 8.98 Å². The van der Waals surface area contributed by atoms with E-state index < -0.39 is 0 Å². The SMILES string of the molecule is Cn1c(/C(C#N)=C/c2ccc(-c3cccc(F)c3)o2)nc2ccccc21. The van der Waals surface area contributed by atoms with Gasteiger partial charge in [-0.15, -0.1) is 0 Å². The molecule has 0 aliphatic rings. The summed E-state index contributed by atoms with van der Waals surface area (Å²) in [4.78, 5) is 4.54. The van der Waals surface area contributed by atoms with Gasteiger partial charge in [-0.2, -0.15) is 5.26 Å². The van der Waals surface area contributed by atoms with E-state index in [1.165, 1.54) is 12.1 Å². The Labute approximate surface area is 149 Å². The number of aryl methyl sites for hydroxylation is 1. The van der Waals surface area contributed by atoms with Gasteiger partial charge in [-0.3, -0.25) is 0 Å². The summed E-state index contributed by atoms with van der Waals surface area (Å²) in [7, 11) is 1.87. The molecule has 0 amide bonds. The van der Waals surface area contributed by atoms with Crippen LogP contribution in [-0.4, -0.2) is 9.55 Å². The van der Waals surface area contributed by atoms with Crippen LogP contribution in [-0.2, 0) is 7.05 Å². The zero-order chi connectivity index (χ0) is 18.1. The summed E-state index contributed by atoms with van der Waals surface area (Å²) in [6, 6.07) is 19.6. The first kappa shape index (κ1) is 15.9. The highest BCUT2D eigenvalue weighted by molar-refractivity contribution is 5.90. The third kappa shape index (κ3) is 2.78. The van der Waals surface area contributed by atoms with Crippen LogP contribution in [0.1, 0.15) is 11.6 Å². The fraction of sp³-hybridized carbons (Fsp3) is 0.0476. The Morgan fingerprint density at radius 3 is 2.77 bits per heavy atom. The summed E-state index contributed by atoms with van der Waals surface area (Å²) in [6.07, 6.45) is 1.64. The van der Waals surface area contributed by atoms with Crippen LogP contribution in [0.5, 0.6) is 0 Å². The van der Waals surface area contributed by atoms with Crippen molar-refractivity contribution in [1.82, 2.24) is 9.55 Å². The van der Waals surface area contributed by atoms with E-state index in [-0.39, 0.29) is 5.82 Å². The highest BCUT2D eigenvalue weighted by atomic mass is 19.1. The molecular formula is C21H14FN3O. The van der Waals surface area contributed by atoms with Crippen LogP contribution in [0.2, 0.25) is 0 Å². The van der Waals surface area contributed by atoms with E-state index in [0.29, 0.717) is 28.5 Å². The van der Waals surface area contributed by atoms with Crippen molar-refractivity contribution in [3.8, 4) is 17.4 Å². The van der Waals surface area contributed by atoms with Crippen molar-refractivity contribution >= 4 is 22.7 Å². The van der Waals surface area contributed by atoms with Crippen molar-refractivity contribution in [1.29, 1.82) is 5.26 Å². The van der Waals surface area contributed by atoms with Crippen molar-refractivity contribution < 1.29 is 8.81 Å². The van der Waals surface area contributed by atoms with Crippen molar-refractivity contribution in [3.63, 3.8) is 0 Å². The number of para-hydroxylation sites is 2. The molecule has 126 valence electrons. The lowest BCUT2D eigenvalue weighted by atomic mass is 10.2. The number of aromatic nitrogens is 2. The fourth-order valence-electron chi connectivity index (χ4n) is 2.90. The van der Waals surface area contributed by atoms with Crippen molar-refractivity contribution in [2.45, 2.75) is 0 Å². The van der Waals surface area contributed by atoms with Gasteiger partial charge in [0, 0.05) is 18.7 Å². The highest BCUT2D eigenvalue weighted by Gasteiger charge is 2.13. The largest absolute Gasteiger partial charge is 0.457 e. The van der Waals surface area contributed by atoms with Crippen LogP contribution in [0.3, 0.4) is 0 Å². The van der Waals surface area contributed by atoms with E-state index in [1.807, 2.05) is 35.9 Å². The molecule has 0 spiro atoms. The number of rotatable bonds is 3. The highest BCUT2D eigenvalue weighted by Crippen LogP contribution is 2.26. The molecule has 4 nitrogen and oxygen atoms in total. The number of hydrogen-bond donors (Lipinski definition) is 0. The van der Waals surface area contributed by atoms with Gasteiger partial charge in [0.25, 0.3) is 0 Å². The number of hydrogen-bond acceptors (Lipinski definition) is 3. The van der Waals surface area contributed by atoms with E-state index in [1.54, 1.807) is 30.3 Å². The Morgan fingerprint density at radius 1 is 1.15 bits per heavy atom. The summed E-state index contributed by atoms with van der Waals surface area (Å²) in [5, 5.41) is 9.59. The van der Waals surface area contributed by atoms with Gasteiger partial charge in [-0.25, -0.2) is 9.37 Å². The van der Waals surface area contributed by atoms with E-state index in [9.17, 15) is 9.65 Å². The molecule has 0 saturated carbocycles. The molecule has 0 aliphatic carbocycles. The lowest BCUT2D eigenvalue weighted by molar-refractivity contribution is 0.570. The van der Waals surface area contributed by atoms with E-state index in [4.69, 9.17) is 4.42 Å². The van der Waals surface area contributed by atoms with Gasteiger partial charge in [0.05, 0.1) is 16.6 Å². The maximum atomic E-state index is 13.4. The number of furan rings is 1. The third-order valence-electron chi connectivity index (χ3n) is 4.17. The molecule has 26 heavy (non-hydrogen) atoms. The fourth-order valence-corrected chi connectivity index (χ4v) is 2.90. The number of halogens is 1. The molecule has 4 rings (SSSR count). The Bertz CT molecular complexity index is 1180. The number of fused-ring (bicyclic) bond motifs is 1. The normalized spacial score (nSPS) is 11.7. The molecule has 0 aliphatic heterocycles. The average molecular weight is 343 g/mol. The second-order valence-corrected chi connectivity index (χ2v) is 5.87. The van der Waals surface area contributed by atoms with Crippen LogP contribution in [0.15, 0.2) is 65.1 Å². The van der Waals surface area contributed by atoms with Crippen LogP contribution >= 0.6 is 0 Å². The van der Waals surface area contributed by atoms with Gasteiger partial charge in [-0.05, 0) is 36.4 Å². The topological polar surface area (TPSA) is 54.8 Å². The molecule has 0 atom stereocenters. The van der Waals surface area contributed by atoms with Gasteiger partial charge in [-0.1, -0.05) is 24.3 Å². The Kier molecular flexibility index (Phi) is 3.86. The summed E-state index contributed by atoms with van der Waals surface area (Å²) in [5.74, 6) is 1.29. The van der Waals surface area contributed by atoms with E-state index in [0.717, 1.165) is 11.0 Å². The number of allylic oxidation sites excluding steroid dienone is 1. The smallest absolute Gasteiger partial charge is 0.151 e. The molecule has 0 N–H and O–H groups in total. The number of imidazole rings is 1. The summed E-state index contributed by atoms with van der Waals surface area (Å²) in [6.45, 7) is 0. The lowest BCUT2D eigenvalue weighted by Gasteiger charge is -2.00. The second kappa shape index (κ2) is 6.34. The predicted octanol–water partition coefficient (Wildman–Crippen LogP) is 5.04. The molecule has 4 aromatic rings. The molecular weight excluding hydrogens is 329 g/mol. The summed E-state index contributed by atoms with van der Waals surface area (Å²) < 4.78 is 21.0. The van der Waals surface area contributed by atoms with Crippen molar-refractivity contribution in [3.05, 3.63) is 78.1 Å². The standard InChI is InChI=1S/C21H14FN3O/c1-25-19-8-3-2-7-18(19)24-21(25)15(13-23)12-17-9-10-20(26-17)14-5-4-6-16(22)11-14/h2-12H,1H3/b15-12+. The van der Waals surface area contributed by atoms with E-state index >= 15 is 0 Å². The maximum Gasteiger partial charge on any atom is 0.151 e. The number of benzene rings is 2. The van der Waals surface area contributed by atoms with Crippen LogP contribution < -0.4 is 0 Å².